The van der Waals surface area contributed by atoms with Crippen LogP contribution in [0.3, 0.4) is 0 Å². The maximum Gasteiger partial charge on any atom is 0.125 e. The average Bonchev–Trinajstić information content (AvgIpc) is 3.90. The zero-order valence-electron chi connectivity index (χ0n) is 23.3. The van der Waals surface area contributed by atoms with Crippen LogP contribution in [0.4, 0.5) is 0 Å². The van der Waals surface area contributed by atoms with Crippen LogP contribution in [0, 0.1) is 0 Å². The predicted octanol–water partition coefficient (Wildman–Crippen LogP) is 11.6. The summed E-state index contributed by atoms with van der Waals surface area (Å²) in [4.78, 5) is 12.3. The van der Waals surface area contributed by atoms with Crippen LogP contribution in [0.2, 0.25) is 0 Å². The lowest BCUT2D eigenvalue weighted by atomic mass is 10.0. The summed E-state index contributed by atoms with van der Waals surface area (Å²) >= 11 is 5.31. The minimum Gasteiger partial charge on any atom is -0.309 e. The van der Waals surface area contributed by atoms with Gasteiger partial charge >= 0.3 is 0 Å². The SMILES string of the molecule is c1ccc(-c2cccc(-n3c4ccc(-c5cccs5)cc4c4cc(-c5cccs5)c(-c5nc6ccccc6s5)cc43)c2)nc1. The Morgan fingerprint density at radius 3 is 2.23 bits per heavy atom. The van der Waals surface area contributed by atoms with Crippen LogP contribution < -0.4 is 0 Å². The van der Waals surface area contributed by atoms with Crippen molar-refractivity contribution in [3.05, 3.63) is 138 Å². The molecule has 0 N–H and O–H groups in total. The lowest BCUT2D eigenvalue weighted by Gasteiger charge is -2.12. The fourth-order valence-corrected chi connectivity index (χ4v) is 8.55. The first-order chi connectivity index (χ1) is 21.8. The third kappa shape index (κ3) is 4.22. The molecule has 0 aliphatic rings. The van der Waals surface area contributed by atoms with Crippen LogP contribution >= 0.6 is 34.0 Å². The van der Waals surface area contributed by atoms with E-state index in [1.165, 1.54) is 41.9 Å². The summed E-state index contributed by atoms with van der Waals surface area (Å²) in [6.45, 7) is 0. The zero-order valence-corrected chi connectivity index (χ0v) is 25.8. The molecule has 0 radical (unpaired) electrons. The molecule has 208 valence electrons. The molecule has 6 heteroatoms. The predicted molar refractivity (Wildman–Crippen MR) is 189 cm³/mol. The van der Waals surface area contributed by atoms with E-state index in [1.807, 2.05) is 18.3 Å². The van der Waals surface area contributed by atoms with Crippen LogP contribution in [-0.2, 0) is 0 Å². The molecule has 0 saturated heterocycles. The van der Waals surface area contributed by atoms with Gasteiger partial charge in [0.25, 0.3) is 0 Å². The summed E-state index contributed by atoms with van der Waals surface area (Å²) in [6, 6.07) is 43.5. The first kappa shape index (κ1) is 25.6. The van der Waals surface area contributed by atoms with E-state index in [2.05, 4.69) is 130 Å². The molecule has 0 unspecified atom stereocenters. The number of para-hydroxylation sites is 1. The molecule has 5 heterocycles. The van der Waals surface area contributed by atoms with Crippen molar-refractivity contribution in [1.29, 1.82) is 0 Å². The Labute approximate surface area is 266 Å². The van der Waals surface area contributed by atoms with Crippen LogP contribution in [-0.4, -0.2) is 14.5 Å². The number of fused-ring (bicyclic) bond motifs is 4. The van der Waals surface area contributed by atoms with Crippen LogP contribution in [0.1, 0.15) is 0 Å². The smallest absolute Gasteiger partial charge is 0.125 e. The fourth-order valence-electron chi connectivity index (χ4n) is 6.08. The molecule has 0 atom stereocenters. The Balaban J connectivity index is 1.37. The second-order valence-corrected chi connectivity index (χ2v) is 13.6. The van der Waals surface area contributed by atoms with E-state index < -0.39 is 0 Å². The largest absolute Gasteiger partial charge is 0.309 e. The first-order valence-corrected chi connectivity index (χ1v) is 17.0. The quantitative estimate of drug-likeness (QED) is 0.192. The van der Waals surface area contributed by atoms with Gasteiger partial charge in [-0.1, -0.05) is 48.5 Å². The molecule has 44 heavy (non-hydrogen) atoms. The van der Waals surface area contributed by atoms with Gasteiger partial charge in [-0.15, -0.1) is 34.0 Å². The van der Waals surface area contributed by atoms with E-state index in [0.29, 0.717) is 0 Å². The number of pyridine rings is 1. The van der Waals surface area contributed by atoms with E-state index in [1.54, 1.807) is 34.0 Å². The third-order valence-electron chi connectivity index (χ3n) is 8.09. The molecule has 0 saturated carbocycles. The molecule has 4 aromatic carbocycles. The maximum atomic E-state index is 5.13. The topological polar surface area (TPSA) is 30.7 Å². The second-order valence-electron chi connectivity index (χ2n) is 10.7. The summed E-state index contributed by atoms with van der Waals surface area (Å²) in [5, 5.41) is 7.81. The van der Waals surface area contributed by atoms with E-state index in [9.17, 15) is 0 Å². The Bertz CT molecular complexity index is 2400. The zero-order chi connectivity index (χ0) is 29.0. The minimum atomic E-state index is 0.963. The Morgan fingerprint density at radius 2 is 1.41 bits per heavy atom. The Kier molecular flexibility index (Phi) is 6.04. The lowest BCUT2D eigenvalue weighted by Crippen LogP contribution is -1.95. The minimum absolute atomic E-state index is 0.963. The molecule has 0 bridgehead atoms. The van der Waals surface area contributed by atoms with Gasteiger partial charge in [0.05, 0.1) is 26.9 Å². The first-order valence-electron chi connectivity index (χ1n) is 14.4. The summed E-state index contributed by atoms with van der Waals surface area (Å²) in [5.41, 5.74) is 10.2. The van der Waals surface area contributed by atoms with Crippen molar-refractivity contribution >= 4 is 66.0 Å². The number of thiazole rings is 1. The van der Waals surface area contributed by atoms with Crippen molar-refractivity contribution in [2.75, 3.05) is 0 Å². The van der Waals surface area contributed by atoms with Gasteiger partial charge in [-0.05, 0) is 89.1 Å². The monoisotopic (exact) mass is 617 g/mol. The molecule has 9 aromatic rings. The van der Waals surface area contributed by atoms with Gasteiger partial charge in [0, 0.05) is 49.1 Å². The number of rotatable bonds is 5. The highest BCUT2D eigenvalue weighted by Crippen LogP contribution is 2.44. The van der Waals surface area contributed by atoms with Gasteiger partial charge < -0.3 is 4.57 Å². The molecular formula is C38H23N3S3. The standard InChI is InChI=1S/C38H23N3S3/c1-2-12-37-32(11-1)40-38(44-37)30-23-34-28(22-29(30)36-14-7-19-43-36)27-21-25(35-13-6-18-42-35)15-16-33(27)41(34)26-9-5-8-24(20-26)31-10-3-4-17-39-31/h1-23H. The number of thiophene rings is 2. The fraction of sp³-hybridized carbons (Fsp3) is 0. The van der Waals surface area contributed by atoms with Crippen LogP contribution in [0.5, 0.6) is 0 Å². The third-order valence-corrected chi connectivity index (χ3v) is 11.0. The molecule has 0 aliphatic heterocycles. The summed E-state index contributed by atoms with van der Waals surface area (Å²) in [6.07, 6.45) is 1.85. The van der Waals surface area contributed by atoms with Gasteiger partial charge in [0.1, 0.15) is 5.01 Å². The molecular weight excluding hydrogens is 595 g/mol. The molecule has 0 aliphatic carbocycles. The molecule has 5 aromatic heterocycles. The second kappa shape index (κ2) is 10.4. The normalized spacial score (nSPS) is 11.6. The summed E-state index contributed by atoms with van der Waals surface area (Å²) in [5.74, 6) is 0. The average molecular weight is 618 g/mol. The highest BCUT2D eigenvalue weighted by Gasteiger charge is 2.20. The lowest BCUT2D eigenvalue weighted by molar-refractivity contribution is 1.18. The Morgan fingerprint density at radius 1 is 0.568 bits per heavy atom. The van der Waals surface area contributed by atoms with Crippen LogP contribution in [0.15, 0.2) is 138 Å². The van der Waals surface area contributed by atoms with Gasteiger partial charge in [0.2, 0.25) is 0 Å². The van der Waals surface area contributed by atoms with Crippen molar-refractivity contribution in [3.8, 4) is 48.4 Å². The molecule has 0 amide bonds. The van der Waals surface area contributed by atoms with Crippen molar-refractivity contribution in [2.24, 2.45) is 0 Å². The number of hydrogen-bond donors (Lipinski definition) is 0. The number of nitrogens with zero attached hydrogens (tertiary/aromatic N) is 3. The Hall–Kier alpha value is -4.88. The van der Waals surface area contributed by atoms with Crippen molar-refractivity contribution < 1.29 is 0 Å². The van der Waals surface area contributed by atoms with Crippen molar-refractivity contribution in [3.63, 3.8) is 0 Å². The highest BCUT2D eigenvalue weighted by atomic mass is 32.1. The van der Waals surface area contributed by atoms with E-state index in [4.69, 9.17) is 4.98 Å². The van der Waals surface area contributed by atoms with E-state index in [-0.39, 0.29) is 0 Å². The number of aromatic nitrogens is 3. The summed E-state index contributed by atoms with van der Waals surface area (Å²) < 4.78 is 3.61. The number of hydrogen-bond acceptors (Lipinski definition) is 5. The maximum absolute atomic E-state index is 5.13. The van der Waals surface area contributed by atoms with E-state index >= 15 is 0 Å². The molecule has 0 spiro atoms. The van der Waals surface area contributed by atoms with Crippen molar-refractivity contribution in [2.45, 2.75) is 0 Å². The molecule has 9 rings (SSSR count). The van der Waals surface area contributed by atoms with Gasteiger partial charge in [0.15, 0.2) is 0 Å². The van der Waals surface area contributed by atoms with Gasteiger partial charge in [-0.25, -0.2) is 4.98 Å². The van der Waals surface area contributed by atoms with E-state index in [0.717, 1.165) is 38.5 Å². The molecule has 0 fully saturated rings. The number of benzene rings is 4. The van der Waals surface area contributed by atoms with Gasteiger partial charge in [-0.3, -0.25) is 4.98 Å². The van der Waals surface area contributed by atoms with Crippen LogP contribution in [0.25, 0.3) is 80.4 Å². The van der Waals surface area contributed by atoms with Gasteiger partial charge in [-0.2, -0.15) is 0 Å². The molecule has 3 nitrogen and oxygen atoms in total. The van der Waals surface area contributed by atoms with Crippen molar-refractivity contribution in [1.82, 2.24) is 14.5 Å². The highest BCUT2D eigenvalue weighted by molar-refractivity contribution is 7.21. The summed E-state index contributed by atoms with van der Waals surface area (Å²) in [7, 11) is 0.